The molecule has 316 valence electrons. The van der Waals surface area contributed by atoms with E-state index in [9.17, 15) is 24.2 Å². The highest BCUT2D eigenvalue weighted by Crippen LogP contribution is 2.43. The van der Waals surface area contributed by atoms with Gasteiger partial charge in [-0.05, 0) is 76.3 Å². The quantitative estimate of drug-likeness (QED) is 0.0197. The molecule has 1 rings (SSSR count). The number of nitrogens with two attached hydrogens (primary N) is 1. The SMILES string of the molecule is CCCCCCCC/C=C/C/C=C/C=C/C(O)CCCC(=O)OC[C@H](COP(=O)(O)OCCN)OC(=O)CCCCCCCCc1oc(CCC)c(C)c1C. The van der Waals surface area contributed by atoms with Gasteiger partial charge in [0.1, 0.15) is 18.1 Å². The summed E-state index contributed by atoms with van der Waals surface area (Å²) >= 11 is 0. The number of unbranched alkanes of at least 4 members (excludes halogenated alkanes) is 11. The molecule has 1 aromatic rings. The first kappa shape index (κ1) is 50.5. The molecule has 0 fully saturated rings. The zero-order valence-corrected chi connectivity index (χ0v) is 35.4. The van der Waals surface area contributed by atoms with Crippen molar-refractivity contribution >= 4 is 19.8 Å². The summed E-state index contributed by atoms with van der Waals surface area (Å²) in [5, 5.41) is 10.2. The molecule has 11 nitrogen and oxygen atoms in total. The minimum Gasteiger partial charge on any atom is -0.466 e. The third kappa shape index (κ3) is 26.9. The van der Waals surface area contributed by atoms with Crippen LogP contribution < -0.4 is 5.73 Å². The minimum absolute atomic E-state index is 0.0192. The van der Waals surface area contributed by atoms with E-state index in [0.717, 1.165) is 75.7 Å². The lowest BCUT2D eigenvalue weighted by atomic mass is 10.0. The van der Waals surface area contributed by atoms with Crippen molar-refractivity contribution in [3.8, 4) is 0 Å². The third-order valence-electron chi connectivity index (χ3n) is 9.31. The first-order chi connectivity index (χ1) is 26.5. The molecule has 12 heteroatoms. The summed E-state index contributed by atoms with van der Waals surface area (Å²) in [6.07, 6.45) is 29.3. The minimum atomic E-state index is -4.44. The smallest absolute Gasteiger partial charge is 0.466 e. The Morgan fingerprint density at radius 2 is 1.42 bits per heavy atom. The van der Waals surface area contributed by atoms with Crippen molar-refractivity contribution in [2.75, 3.05) is 26.4 Å². The topological polar surface area (TPSA) is 168 Å². The lowest BCUT2D eigenvalue weighted by Gasteiger charge is -2.20. The first-order valence-electron chi connectivity index (χ1n) is 20.9. The summed E-state index contributed by atoms with van der Waals surface area (Å²) in [7, 11) is -4.44. The molecule has 4 N–H and O–H groups in total. The van der Waals surface area contributed by atoms with Crippen LogP contribution in [0.3, 0.4) is 0 Å². The second-order valence-corrected chi connectivity index (χ2v) is 15.7. The van der Waals surface area contributed by atoms with Crippen LogP contribution in [0.5, 0.6) is 0 Å². The number of aliphatic hydroxyl groups is 1. The van der Waals surface area contributed by atoms with Gasteiger partial charge in [-0.2, -0.15) is 0 Å². The number of carbonyl (C=O) groups is 2. The molecule has 55 heavy (non-hydrogen) atoms. The summed E-state index contributed by atoms with van der Waals surface area (Å²) in [5.74, 6) is 1.14. The number of phosphoric ester groups is 1. The van der Waals surface area contributed by atoms with Gasteiger partial charge in [-0.25, -0.2) is 4.57 Å². The van der Waals surface area contributed by atoms with Crippen molar-refractivity contribution in [1.82, 2.24) is 0 Å². The van der Waals surface area contributed by atoms with Crippen molar-refractivity contribution in [1.29, 1.82) is 0 Å². The largest absolute Gasteiger partial charge is 0.472 e. The van der Waals surface area contributed by atoms with Gasteiger partial charge in [-0.15, -0.1) is 0 Å². The Balaban J connectivity index is 2.36. The molecule has 0 aliphatic carbocycles. The van der Waals surface area contributed by atoms with E-state index in [1.54, 1.807) is 12.2 Å². The van der Waals surface area contributed by atoms with Gasteiger partial charge >= 0.3 is 19.8 Å². The fourth-order valence-corrected chi connectivity index (χ4v) is 6.69. The maximum absolute atomic E-state index is 12.6. The van der Waals surface area contributed by atoms with Crippen molar-refractivity contribution in [3.05, 3.63) is 59.1 Å². The number of carbonyl (C=O) groups excluding carboxylic acids is 2. The van der Waals surface area contributed by atoms with Crippen LogP contribution in [-0.4, -0.2) is 60.5 Å². The number of hydrogen-bond donors (Lipinski definition) is 3. The number of rotatable bonds is 35. The predicted octanol–water partition coefficient (Wildman–Crippen LogP) is 10.0. The van der Waals surface area contributed by atoms with Crippen LogP contribution >= 0.6 is 7.82 Å². The van der Waals surface area contributed by atoms with Crippen LogP contribution in [0.25, 0.3) is 0 Å². The van der Waals surface area contributed by atoms with E-state index >= 15 is 0 Å². The molecular weight excluding hydrogens is 721 g/mol. The number of phosphoric acid groups is 1. The highest BCUT2D eigenvalue weighted by molar-refractivity contribution is 7.47. The summed E-state index contributed by atoms with van der Waals surface area (Å²) in [5.41, 5.74) is 7.88. The molecule has 3 atom stereocenters. The van der Waals surface area contributed by atoms with Crippen LogP contribution in [-0.2, 0) is 45.5 Å². The Bertz CT molecular complexity index is 1290. The number of aliphatic hydroxyl groups excluding tert-OH is 1. The number of esters is 2. The standard InChI is InChI=1S/C43H74NO10P/c1-5-7-8-9-10-11-12-13-14-15-16-19-22-27-38(45)28-25-31-42(46)50-34-39(35-52-55(48,49)51-33-32-44)53-43(47)30-24-21-18-17-20-23-29-41-37(4)36(3)40(54-41)26-6-2/h13-14,16,19,22,27,38-39,45H,5-12,15,17-18,20-21,23-26,28-35,44H2,1-4H3,(H,48,49)/b14-13+,19-16+,27-22+/t38?,39-/m1/s1. The number of allylic oxidation sites excluding steroid dienone is 5. The van der Waals surface area contributed by atoms with Gasteiger partial charge in [0.15, 0.2) is 6.10 Å². The maximum atomic E-state index is 12.6. The fourth-order valence-electron chi connectivity index (χ4n) is 5.92. The molecule has 1 aromatic heterocycles. The van der Waals surface area contributed by atoms with E-state index < -0.39 is 38.6 Å². The van der Waals surface area contributed by atoms with Crippen molar-refractivity contribution in [3.63, 3.8) is 0 Å². The average Bonchev–Trinajstić information content (AvgIpc) is 3.42. The second kappa shape index (κ2) is 32.5. The molecule has 0 spiro atoms. The van der Waals surface area contributed by atoms with E-state index in [1.165, 1.54) is 49.7 Å². The molecule has 0 saturated carbocycles. The fraction of sp³-hybridized carbons (Fsp3) is 0.721. The van der Waals surface area contributed by atoms with Crippen LogP contribution in [0, 0.1) is 13.8 Å². The summed E-state index contributed by atoms with van der Waals surface area (Å²) in [4.78, 5) is 34.9. The van der Waals surface area contributed by atoms with Crippen LogP contribution in [0.15, 0.2) is 40.9 Å². The summed E-state index contributed by atoms with van der Waals surface area (Å²) in [6, 6.07) is 0. The van der Waals surface area contributed by atoms with Gasteiger partial charge in [-0.3, -0.25) is 18.6 Å². The lowest BCUT2D eigenvalue weighted by Crippen LogP contribution is -2.29. The summed E-state index contributed by atoms with van der Waals surface area (Å²) in [6.45, 7) is 7.63. The number of hydrogen-bond acceptors (Lipinski definition) is 10. The molecule has 0 bridgehead atoms. The Labute approximate surface area is 332 Å². The first-order valence-corrected chi connectivity index (χ1v) is 22.4. The molecule has 0 aliphatic rings. The molecule has 0 aliphatic heterocycles. The zero-order chi connectivity index (χ0) is 40.6. The molecule has 2 unspecified atom stereocenters. The Hall–Kier alpha value is -2.53. The van der Waals surface area contributed by atoms with E-state index in [4.69, 9.17) is 28.7 Å². The average molecular weight is 796 g/mol. The predicted molar refractivity (Wildman–Crippen MR) is 220 cm³/mol. The molecule has 0 radical (unpaired) electrons. The molecular formula is C43H74NO10P. The maximum Gasteiger partial charge on any atom is 0.472 e. The molecule has 0 amide bonds. The zero-order valence-electron chi connectivity index (χ0n) is 34.5. The van der Waals surface area contributed by atoms with E-state index in [2.05, 4.69) is 39.8 Å². The Morgan fingerprint density at radius 3 is 2.13 bits per heavy atom. The van der Waals surface area contributed by atoms with E-state index in [1.807, 2.05) is 12.2 Å². The summed E-state index contributed by atoms with van der Waals surface area (Å²) < 4.78 is 38.7. The Kier molecular flexibility index (Phi) is 29.9. The van der Waals surface area contributed by atoms with Crippen molar-refractivity contribution in [2.45, 2.75) is 175 Å². The number of furan rings is 1. The molecule has 1 heterocycles. The van der Waals surface area contributed by atoms with Gasteiger partial charge in [0, 0.05) is 32.2 Å². The number of ether oxygens (including phenoxy) is 2. The van der Waals surface area contributed by atoms with Crippen LogP contribution in [0.1, 0.15) is 158 Å². The number of aryl methyl sites for hydroxylation is 2. The van der Waals surface area contributed by atoms with Gasteiger partial charge < -0.3 is 29.6 Å². The monoisotopic (exact) mass is 796 g/mol. The normalized spacial score (nSPS) is 14.2. The van der Waals surface area contributed by atoms with Gasteiger partial charge in [0.2, 0.25) is 0 Å². The van der Waals surface area contributed by atoms with Crippen LogP contribution in [0.2, 0.25) is 0 Å². The van der Waals surface area contributed by atoms with Gasteiger partial charge in [-0.1, -0.05) is 108 Å². The van der Waals surface area contributed by atoms with Crippen LogP contribution in [0.4, 0.5) is 0 Å². The van der Waals surface area contributed by atoms with Crippen molar-refractivity contribution in [2.24, 2.45) is 5.73 Å². The van der Waals surface area contributed by atoms with Crippen molar-refractivity contribution < 1.29 is 47.1 Å². The van der Waals surface area contributed by atoms with Gasteiger partial charge in [0.25, 0.3) is 0 Å². The second-order valence-electron chi connectivity index (χ2n) is 14.3. The highest BCUT2D eigenvalue weighted by atomic mass is 31.2. The molecule has 0 saturated heterocycles. The lowest BCUT2D eigenvalue weighted by molar-refractivity contribution is -0.161. The van der Waals surface area contributed by atoms with E-state index in [0.29, 0.717) is 19.3 Å². The Morgan fingerprint density at radius 1 is 0.764 bits per heavy atom. The van der Waals surface area contributed by atoms with Gasteiger partial charge in [0.05, 0.1) is 19.3 Å². The third-order valence-corrected chi connectivity index (χ3v) is 10.3. The molecule has 0 aromatic carbocycles. The van der Waals surface area contributed by atoms with E-state index in [-0.39, 0.29) is 32.6 Å². The highest BCUT2D eigenvalue weighted by Gasteiger charge is 2.26.